The molecule has 0 saturated heterocycles. The van der Waals surface area contributed by atoms with E-state index in [4.69, 9.17) is 4.43 Å². The summed E-state index contributed by atoms with van der Waals surface area (Å²) < 4.78 is 6.17. The molecule has 0 unspecified atom stereocenters. The molecule has 0 bridgehead atoms. The van der Waals surface area contributed by atoms with Gasteiger partial charge in [-0.3, -0.25) is 4.79 Å². The Hall–Kier alpha value is -1.19. The summed E-state index contributed by atoms with van der Waals surface area (Å²) in [5.41, 5.74) is 1.86. The molecule has 0 heterocycles. The molecule has 0 saturated carbocycles. The van der Waals surface area contributed by atoms with Crippen molar-refractivity contribution in [3.8, 4) is 0 Å². The molecule has 0 aliphatic carbocycles. The highest BCUT2D eigenvalue weighted by atomic mass is 28.4. The molecule has 122 valence electrons. The second-order valence-corrected chi connectivity index (χ2v) is 12.1. The van der Waals surface area contributed by atoms with Gasteiger partial charge in [-0.25, -0.2) is 0 Å². The van der Waals surface area contributed by atoms with Gasteiger partial charge >= 0.3 is 0 Å². The minimum atomic E-state index is -1.58. The fraction of sp³-hybridized carbons (Fsp3) is 0.526. The monoisotopic (exact) mass is 318 g/mol. The standard InChI is InChI=1S/C19H30O2Si/c1-19(2,3)22(4,5)21-15-9-7-6-8-10-17-11-13-18(16-20)14-12-17/h8,10-14,16H,6-7,9,15H2,1-5H3/b10-8-. The van der Waals surface area contributed by atoms with Crippen molar-refractivity contribution < 1.29 is 9.22 Å². The molecule has 0 amide bonds. The van der Waals surface area contributed by atoms with Crippen LogP contribution in [0.3, 0.4) is 0 Å². The molecule has 0 N–H and O–H groups in total. The molecule has 22 heavy (non-hydrogen) atoms. The van der Waals surface area contributed by atoms with Crippen LogP contribution in [0, 0.1) is 0 Å². The van der Waals surface area contributed by atoms with Crippen molar-refractivity contribution in [3.63, 3.8) is 0 Å². The average Bonchev–Trinajstić information content (AvgIpc) is 2.45. The quantitative estimate of drug-likeness (QED) is 0.349. The second-order valence-electron chi connectivity index (χ2n) is 7.29. The van der Waals surface area contributed by atoms with Gasteiger partial charge in [-0.2, -0.15) is 0 Å². The van der Waals surface area contributed by atoms with Gasteiger partial charge in [0.15, 0.2) is 8.32 Å². The zero-order valence-corrected chi connectivity index (χ0v) is 15.7. The van der Waals surface area contributed by atoms with Gasteiger partial charge in [0.05, 0.1) is 0 Å². The third kappa shape index (κ3) is 6.28. The summed E-state index contributed by atoms with van der Waals surface area (Å²) in [6.45, 7) is 12.3. The van der Waals surface area contributed by atoms with E-state index in [0.717, 1.165) is 43.3 Å². The first kappa shape index (κ1) is 18.9. The van der Waals surface area contributed by atoms with Gasteiger partial charge in [0, 0.05) is 12.2 Å². The Morgan fingerprint density at radius 2 is 1.64 bits per heavy atom. The van der Waals surface area contributed by atoms with Crippen molar-refractivity contribution in [1.29, 1.82) is 0 Å². The molecule has 1 rings (SSSR count). The van der Waals surface area contributed by atoms with Gasteiger partial charge in [-0.15, -0.1) is 0 Å². The number of carbonyl (C=O) groups is 1. The minimum Gasteiger partial charge on any atom is -0.417 e. The first-order chi connectivity index (χ1) is 10.3. The lowest BCUT2D eigenvalue weighted by molar-refractivity contribution is 0.112. The topological polar surface area (TPSA) is 26.3 Å². The Balaban J connectivity index is 2.22. The van der Waals surface area contributed by atoms with E-state index >= 15 is 0 Å². The maximum absolute atomic E-state index is 10.6. The summed E-state index contributed by atoms with van der Waals surface area (Å²) in [6.07, 6.45) is 8.51. The van der Waals surface area contributed by atoms with Crippen LogP contribution in [0.1, 0.15) is 56.0 Å². The first-order valence-corrected chi connectivity index (χ1v) is 11.0. The molecular weight excluding hydrogens is 288 g/mol. The van der Waals surface area contributed by atoms with Crippen LogP contribution in [-0.2, 0) is 4.43 Å². The van der Waals surface area contributed by atoms with Crippen LogP contribution < -0.4 is 0 Å². The van der Waals surface area contributed by atoms with Crippen LogP contribution in [0.2, 0.25) is 18.1 Å². The number of carbonyl (C=O) groups excluding carboxylic acids is 1. The Morgan fingerprint density at radius 1 is 1.05 bits per heavy atom. The highest BCUT2D eigenvalue weighted by Gasteiger charge is 2.36. The minimum absolute atomic E-state index is 0.292. The fourth-order valence-electron chi connectivity index (χ4n) is 1.81. The predicted molar refractivity (Wildman–Crippen MR) is 97.9 cm³/mol. The van der Waals surface area contributed by atoms with E-state index in [1.807, 2.05) is 24.3 Å². The van der Waals surface area contributed by atoms with Crippen LogP contribution in [0.15, 0.2) is 30.3 Å². The molecule has 1 aromatic rings. The van der Waals surface area contributed by atoms with Crippen LogP contribution in [-0.4, -0.2) is 21.2 Å². The Morgan fingerprint density at radius 3 is 2.18 bits per heavy atom. The maximum Gasteiger partial charge on any atom is 0.191 e. The molecule has 1 aromatic carbocycles. The van der Waals surface area contributed by atoms with E-state index < -0.39 is 8.32 Å². The summed E-state index contributed by atoms with van der Waals surface area (Å²) in [5, 5.41) is 0.292. The van der Waals surface area contributed by atoms with Gasteiger partial charge in [-0.1, -0.05) is 57.2 Å². The molecule has 0 aliphatic heterocycles. The van der Waals surface area contributed by atoms with E-state index in [1.165, 1.54) is 0 Å². The lowest BCUT2D eigenvalue weighted by Gasteiger charge is -2.36. The van der Waals surface area contributed by atoms with Gasteiger partial charge in [-0.05, 0) is 43.0 Å². The van der Waals surface area contributed by atoms with E-state index in [-0.39, 0.29) is 0 Å². The third-order valence-electron chi connectivity index (χ3n) is 4.42. The van der Waals surface area contributed by atoms with Gasteiger partial charge < -0.3 is 4.43 Å². The molecular formula is C19H30O2Si. The Labute approximate surface area is 136 Å². The third-order valence-corrected chi connectivity index (χ3v) is 8.96. The van der Waals surface area contributed by atoms with Crippen molar-refractivity contribution in [3.05, 3.63) is 41.5 Å². The van der Waals surface area contributed by atoms with Crippen LogP contribution >= 0.6 is 0 Å². The van der Waals surface area contributed by atoms with E-state index in [2.05, 4.69) is 46.0 Å². The normalized spacial score (nSPS) is 12.8. The van der Waals surface area contributed by atoms with Crippen molar-refractivity contribution in [2.75, 3.05) is 6.61 Å². The smallest absolute Gasteiger partial charge is 0.191 e. The summed E-state index contributed by atoms with van der Waals surface area (Å²) in [6, 6.07) is 7.64. The Kier molecular flexibility index (Phi) is 7.24. The fourth-order valence-corrected chi connectivity index (χ4v) is 2.90. The zero-order valence-electron chi connectivity index (χ0n) is 14.7. The lowest BCUT2D eigenvalue weighted by Crippen LogP contribution is -2.40. The van der Waals surface area contributed by atoms with Crippen LogP contribution in [0.5, 0.6) is 0 Å². The second kappa shape index (κ2) is 8.44. The summed E-state index contributed by atoms with van der Waals surface area (Å²) >= 11 is 0. The number of unbranched alkanes of at least 4 members (excludes halogenated alkanes) is 2. The molecule has 0 spiro atoms. The number of hydrogen-bond acceptors (Lipinski definition) is 2. The molecule has 0 radical (unpaired) electrons. The summed E-state index contributed by atoms with van der Waals surface area (Å²) in [5.74, 6) is 0. The van der Waals surface area contributed by atoms with E-state index in [0.29, 0.717) is 5.04 Å². The van der Waals surface area contributed by atoms with Crippen LogP contribution in [0.4, 0.5) is 0 Å². The molecule has 0 aromatic heterocycles. The van der Waals surface area contributed by atoms with Crippen molar-refractivity contribution in [2.45, 2.75) is 58.2 Å². The molecule has 2 nitrogen and oxygen atoms in total. The van der Waals surface area contributed by atoms with E-state index in [1.54, 1.807) is 0 Å². The number of rotatable bonds is 8. The average molecular weight is 319 g/mol. The highest BCUT2D eigenvalue weighted by molar-refractivity contribution is 6.74. The van der Waals surface area contributed by atoms with Gasteiger partial charge in [0.1, 0.15) is 6.29 Å². The lowest BCUT2D eigenvalue weighted by atomic mass is 10.1. The Bertz CT molecular complexity index is 481. The molecule has 0 atom stereocenters. The number of allylic oxidation sites excluding steroid dienone is 1. The summed E-state index contributed by atoms with van der Waals surface area (Å²) in [4.78, 5) is 10.6. The van der Waals surface area contributed by atoms with E-state index in [9.17, 15) is 4.79 Å². The van der Waals surface area contributed by atoms with Crippen LogP contribution in [0.25, 0.3) is 6.08 Å². The van der Waals surface area contributed by atoms with Gasteiger partial charge in [0.25, 0.3) is 0 Å². The largest absolute Gasteiger partial charge is 0.417 e. The molecule has 3 heteroatoms. The van der Waals surface area contributed by atoms with Crippen molar-refractivity contribution >= 4 is 20.7 Å². The van der Waals surface area contributed by atoms with Gasteiger partial charge in [0.2, 0.25) is 0 Å². The maximum atomic E-state index is 10.6. The number of aldehydes is 1. The highest BCUT2D eigenvalue weighted by Crippen LogP contribution is 2.36. The first-order valence-electron chi connectivity index (χ1n) is 8.12. The number of hydrogen-bond donors (Lipinski definition) is 0. The summed E-state index contributed by atoms with van der Waals surface area (Å²) in [7, 11) is -1.58. The van der Waals surface area contributed by atoms with Crippen molar-refractivity contribution in [2.24, 2.45) is 0 Å². The molecule has 0 fully saturated rings. The predicted octanol–water partition coefficient (Wildman–Crippen LogP) is 5.70. The van der Waals surface area contributed by atoms with Crippen molar-refractivity contribution in [1.82, 2.24) is 0 Å². The number of benzene rings is 1. The molecule has 0 aliphatic rings. The zero-order chi connectivity index (χ0) is 16.6. The SMILES string of the molecule is CC(C)(C)[Si](C)(C)OCCCC/C=C\c1ccc(C=O)cc1.